The molecule has 1 aliphatic carbocycles. The molecule has 6 atom stereocenters. The topological polar surface area (TPSA) is 210 Å². The molecule has 0 aromatic heterocycles. The largest absolute Gasteiger partial charge is 0.472 e. The van der Waals surface area contributed by atoms with E-state index in [-0.39, 0.29) is 12.8 Å². The SMILES string of the molecule is CCCC/C=C\C/C=C\CCCCCCCC(=O)OCC(COP(=O)(O)OC1C(O)C(O)C(O)C(O)C1O)OC(=O)CCCCCCCCCCCCC/C=C\C/C=C\CCCCCCC. The van der Waals surface area contributed by atoms with Crippen molar-refractivity contribution >= 4 is 19.8 Å². The van der Waals surface area contributed by atoms with Crippen molar-refractivity contribution in [2.24, 2.45) is 0 Å². The molecule has 0 aromatic carbocycles. The highest BCUT2D eigenvalue weighted by Crippen LogP contribution is 2.47. The van der Waals surface area contributed by atoms with Gasteiger partial charge in [0, 0.05) is 12.8 Å². The van der Waals surface area contributed by atoms with Gasteiger partial charge in [0.25, 0.3) is 0 Å². The first kappa shape index (κ1) is 61.8. The van der Waals surface area contributed by atoms with Gasteiger partial charge in [0.1, 0.15) is 43.2 Å². The summed E-state index contributed by atoms with van der Waals surface area (Å²) in [5.74, 6) is -1.12. The summed E-state index contributed by atoms with van der Waals surface area (Å²) < 4.78 is 33.6. The first-order valence-corrected chi connectivity index (χ1v) is 27.4. The van der Waals surface area contributed by atoms with Gasteiger partial charge in [-0.25, -0.2) is 4.57 Å². The van der Waals surface area contributed by atoms with Crippen molar-refractivity contribution in [2.75, 3.05) is 13.2 Å². The summed E-state index contributed by atoms with van der Waals surface area (Å²) in [5, 5.41) is 50.3. The molecule has 13 nitrogen and oxygen atoms in total. The summed E-state index contributed by atoms with van der Waals surface area (Å²) in [6.45, 7) is 3.25. The van der Waals surface area contributed by atoms with Gasteiger partial charge in [0.15, 0.2) is 6.10 Å². The van der Waals surface area contributed by atoms with E-state index in [1.54, 1.807) is 0 Å². The number of hydrogen-bond donors (Lipinski definition) is 6. The molecule has 0 heterocycles. The van der Waals surface area contributed by atoms with Crippen LogP contribution in [0.1, 0.15) is 213 Å². The molecule has 0 radical (unpaired) electrons. The lowest BCUT2D eigenvalue weighted by Gasteiger charge is -2.41. The third-order valence-electron chi connectivity index (χ3n) is 11.9. The van der Waals surface area contributed by atoms with E-state index in [0.717, 1.165) is 83.5 Å². The Bertz CT molecular complexity index is 1340. The van der Waals surface area contributed by atoms with Gasteiger partial charge in [-0.2, -0.15) is 0 Å². The molecule has 384 valence electrons. The molecular weight excluding hydrogens is 864 g/mol. The van der Waals surface area contributed by atoms with Crippen molar-refractivity contribution in [3.8, 4) is 0 Å². The lowest BCUT2D eigenvalue weighted by molar-refractivity contribution is -0.220. The number of aliphatic hydroxyl groups excluding tert-OH is 5. The zero-order chi connectivity index (χ0) is 48.5. The van der Waals surface area contributed by atoms with Gasteiger partial charge < -0.3 is 39.9 Å². The Hall–Kier alpha value is -2.19. The number of aliphatic hydroxyl groups is 5. The molecule has 1 fully saturated rings. The van der Waals surface area contributed by atoms with Crippen molar-refractivity contribution in [3.05, 3.63) is 48.6 Å². The fraction of sp³-hybridized carbons (Fsp3) is 0.808. The van der Waals surface area contributed by atoms with Gasteiger partial charge in [-0.15, -0.1) is 0 Å². The van der Waals surface area contributed by atoms with E-state index >= 15 is 0 Å². The number of allylic oxidation sites excluding steroid dienone is 8. The Morgan fingerprint density at radius 2 is 0.833 bits per heavy atom. The summed E-state index contributed by atoms with van der Waals surface area (Å²) >= 11 is 0. The van der Waals surface area contributed by atoms with Crippen molar-refractivity contribution in [3.63, 3.8) is 0 Å². The Kier molecular flexibility index (Phi) is 39.1. The van der Waals surface area contributed by atoms with Crippen molar-refractivity contribution < 1.29 is 63.1 Å². The smallest absolute Gasteiger partial charge is 0.462 e. The lowest BCUT2D eigenvalue weighted by atomic mass is 9.85. The Labute approximate surface area is 399 Å². The summed E-state index contributed by atoms with van der Waals surface area (Å²) in [6, 6.07) is 0. The number of phosphoric ester groups is 1. The minimum atomic E-state index is -5.13. The molecule has 0 aromatic rings. The minimum Gasteiger partial charge on any atom is -0.462 e. The number of ether oxygens (including phenoxy) is 2. The summed E-state index contributed by atoms with van der Waals surface area (Å²) in [4.78, 5) is 35.8. The average Bonchev–Trinajstić information content (AvgIpc) is 3.30. The molecule has 0 bridgehead atoms. The van der Waals surface area contributed by atoms with Gasteiger partial charge in [-0.1, -0.05) is 178 Å². The molecule has 6 N–H and O–H groups in total. The van der Waals surface area contributed by atoms with Crippen LogP contribution in [-0.4, -0.2) is 98.3 Å². The van der Waals surface area contributed by atoms with Crippen LogP contribution in [0.2, 0.25) is 0 Å². The van der Waals surface area contributed by atoms with Crippen LogP contribution in [-0.2, 0) is 32.7 Å². The van der Waals surface area contributed by atoms with E-state index in [1.165, 1.54) is 89.9 Å². The number of rotatable bonds is 43. The van der Waals surface area contributed by atoms with E-state index in [9.17, 15) is 44.6 Å². The molecule has 0 amide bonds. The van der Waals surface area contributed by atoms with Crippen LogP contribution in [0.15, 0.2) is 48.6 Å². The fourth-order valence-electron chi connectivity index (χ4n) is 7.69. The van der Waals surface area contributed by atoms with E-state index in [2.05, 4.69) is 62.5 Å². The highest BCUT2D eigenvalue weighted by Gasteiger charge is 2.51. The number of phosphoric acid groups is 1. The molecular formula is C52H93O13P. The van der Waals surface area contributed by atoms with Gasteiger partial charge in [0.2, 0.25) is 0 Å². The third kappa shape index (κ3) is 33.3. The van der Waals surface area contributed by atoms with E-state index in [4.69, 9.17) is 18.5 Å². The zero-order valence-corrected chi connectivity index (χ0v) is 41.9. The summed E-state index contributed by atoms with van der Waals surface area (Å²) in [5.41, 5.74) is 0. The van der Waals surface area contributed by atoms with Crippen LogP contribution in [0.4, 0.5) is 0 Å². The summed E-state index contributed by atoms with van der Waals surface area (Å²) in [6.07, 6.45) is 37.3. The van der Waals surface area contributed by atoms with Crippen LogP contribution in [0.3, 0.4) is 0 Å². The standard InChI is InChI=1S/C52H93O13P/c1-3-5-7-9-11-13-15-17-19-20-21-22-23-24-25-26-27-29-31-33-35-37-39-41-46(54)64-44(43-63-66(60,61)65-52-50(58)48(56)47(55)49(57)51(52)59)42-62-45(53)40-38-36-34-32-30-28-18-16-14-12-10-8-6-4-2/h10,12,15-18,20-21,44,47-52,55-59H,3-9,11,13-14,19,22-43H2,1-2H3,(H,60,61)/b12-10-,17-15-,18-16-,21-20-. The van der Waals surface area contributed by atoms with Gasteiger partial charge in [0.05, 0.1) is 6.61 Å². The molecule has 14 heteroatoms. The predicted octanol–water partition coefficient (Wildman–Crippen LogP) is 11.1. The average molecular weight is 957 g/mol. The van der Waals surface area contributed by atoms with E-state index < -0.39 is 75.7 Å². The van der Waals surface area contributed by atoms with Crippen molar-refractivity contribution in [2.45, 2.75) is 256 Å². The number of esters is 2. The molecule has 0 aliphatic heterocycles. The lowest BCUT2D eigenvalue weighted by Crippen LogP contribution is -2.64. The number of hydrogen-bond acceptors (Lipinski definition) is 12. The molecule has 6 unspecified atom stereocenters. The molecule has 1 rings (SSSR count). The molecule has 0 saturated heterocycles. The molecule has 1 saturated carbocycles. The van der Waals surface area contributed by atoms with Crippen LogP contribution >= 0.6 is 7.82 Å². The van der Waals surface area contributed by atoms with E-state index in [1.807, 2.05) is 0 Å². The highest BCUT2D eigenvalue weighted by atomic mass is 31.2. The number of carbonyl (C=O) groups is 2. The monoisotopic (exact) mass is 957 g/mol. The summed E-state index contributed by atoms with van der Waals surface area (Å²) in [7, 11) is -5.13. The van der Waals surface area contributed by atoms with Crippen LogP contribution in [0.25, 0.3) is 0 Å². The molecule has 66 heavy (non-hydrogen) atoms. The van der Waals surface area contributed by atoms with E-state index in [0.29, 0.717) is 12.8 Å². The third-order valence-corrected chi connectivity index (χ3v) is 12.9. The fourth-order valence-corrected chi connectivity index (χ4v) is 8.66. The molecule has 1 aliphatic rings. The van der Waals surface area contributed by atoms with Crippen LogP contribution in [0.5, 0.6) is 0 Å². The predicted molar refractivity (Wildman–Crippen MR) is 263 cm³/mol. The Morgan fingerprint density at radius 3 is 1.27 bits per heavy atom. The second kappa shape index (κ2) is 41.8. The quantitative estimate of drug-likeness (QED) is 0.0146. The number of carbonyl (C=O) groups excluding carboxylic acids is 2. The second-order valence-electron chi connectivity index (χ2n) is 18.0. The first-order valence-electron chi connectivity index (χ1n) is 25.9. The van der Waals surface area contributed by atoms with Crippen LogP contribution < -0.4 is 0 Å². The van der Waals surface area contributed by atoms with Gasteiger partial charge in [-0.05, 0) is 70.6 Å². The first-order chi connectivity index (χ1) is 31.9. The maximum absolute atomic E-state index is 12.8. The van der Waals surface area contributed by atoms with Crippen molar-refractivity contribution in [1.29, 1.82) is 0 Å². The molecule has 0 spiro atoms. The van der Waals surface area contributed by atoms with Crippen LogP contribution in [0, 0.1) is 0 Å². The highest BCUT2D eigenvalue weighted by molar-refractivity contribution is 7.47. The normalized spacial score (nSPS) is 21.6. The Morgan fingerprint density at radius 1 is 0.470 bits per heavy atom. The minimum absolute atomic E-state index is 0.0905. The second-order valence-corrected chi connectivity index (χ2v) is 19.4. The van der Waals surface area contributed by atoms with Crippen molar-refractivity contribution in [1.82, 2.24) is 0 Å². The number of unbranched alkanes of at least 4 members (excludes halogenated alkanes) is 23. The zero-order valence-electron chi connectivity index (χ0n) is 41.0. The van der Waals surface area contributed by atoms with Gasteiger partial charge >= 0.3 is 19.8 Å². The maximum Gasteiger partial charge on any atom is 0.472 e. The maximum atomic E-state index is 12.8. The Balaban J connectivity index is 2.38. The van der Waals surface area contributed by atoms with Gasteiger partial charge in [-0.3, -0.25) is 18.6 Å².